The summed E-state index contributed by atoms with van der Waals surface area (Å²) in [5, 5.41) is 13.4. The molecule has 112 valence electrons. The van der Waals surface area contributed by atoms with Gasteiger partial charge in [-0.3, -0.25) is 0 Å². The zero-order valence-corrected chi connectivity index (χ0v) is 13.7. The van der Waals surface area contributed by atoms with Gasteiger partial charge in [0.05, 0.1) is 17.1 Å². The van der Waals surface area contributed by atoms with Crippen LogP contribution in [0, 0.1) is 18.3 Å². The highest BCUT2D eigenvalue weighted by molar-refractivity contribution is 7.99. The number of nitriles is 1. The van der Waals surface area contributed by atoms with Gasteiger partial charge in [0.25, 0.3) is 0 Å². The Kier molecular flexibility index (Phi) is 5.27. The number of hydrogen-bond acceptors (Lipinski definition) is 4. The van der Waals surface area contributed by atoms with Crippen molar-refractivity contribution in [1.29, 1.82) is 5.26 Å². The Hall–Kier alpha value is -1.51. The Bertz CT molecular complexity index is 637. The number of aryl methyl sites for hydroxylation is 1. The zero-order chi connectivity index (χ0) is 15.3. The van der Waals surface area contributed by atoms with E-state index in [1.807, 2.05) is 13.1 Å². The maximum atomic E-state index is 9.28. The van der Waals surface area contributed by atoms with Crippen molar-refractivity contribution in [1.82, 2.24) is 15.3 Å². The maximum absolute atomic E-state index is 9.28. The summed E-state index contributed by atoms with van der Waals surface area (Å²) in [5.41, 5.74) is 2.95. The molecule has 0 spiro atoms. The van der Waals surface area contributed by atoms with Crippen molar-refractivity contribution in [2.45, 2.75) is 43.8 Å². The third kappa shape index (κ3) is 3.78. The zero-order valence-electron chi connectivity index (χ0n) is 12.9. The molecule has 1 heterocycles. The Morgan fingerprint density at radius 1 is 1.48 bits per heavy atom. The van der Waals surface area contributed by atoms with Crippen LogP contribution in [0.4, 0.5) is 0 Å². The highest BCUT2D eigenvalue weighted by atomic mass is 32.2. The first-order valence-electron chi connectivity index (χ1n) is 7.32. The van der Waals surface area contributed by atoms with Crippen LogP contribution in [-0.2, 0) is 0 Å². The molecule has 5 heteroatoms. The Morgan fingerprint density at radius 2 is 2.29 bits per heavy atom. The number of aromatic nitrogens is 2. The number of thioether (sulfide) groups is 1. The molecular formula is C16H22N4S. The molecule has 0 saturated carbocycles. The molecule has 0 fully saturated rings. The minimum Gasteiger partial charge on any atom is -0.333 e. The summed E-state index contributed by atoms with van der Waals surface area (Å²) in [7, 11) is 1.86. The fraction of sp³-hybridized carbons (Fsp3) is 0.500. The summed E-state index contributed by atoms with van der Waals surface area (Å²) in [6.45, 7) is 4.13. The number of benzene rings is 1. The lowest BCUT2D eigenvalue weighted by Crippen LogP contribution is -2.40. The van der Waals surface area contributed by atoms with Crippen LogP contribution in [0.1, 0.15) is 31.7 Å². The lowest BCUT2D eigenvalue weighted by Gasteiger charge is -2.24. The van der Waals surface area contributed by atoms with Crippen molar-refractivity contribution in [3.8, 4) is 6.07 Å². The lowest BCUT2D eigenvalue weighted by atomic mass is 9.93. The van der Waals surface area contributed by atoms with Gasteiger partial charge in [0.15, 0.2) is 5.16 Å². The van der Waals surface area contributed by atoms with Crippen LogP contribution >= 0.6 is 11.8 Å². The maximum Gasteiger partial charge on any atom is 0.166 e. The molecule has 0 aliphatic carbocycles. The largest absolute Gasteiger partial charge is 0.333 e. The summed E-state index contributed by atoms with van der Waals surface area (Å²) in [5.74, 6) is 0.962. The van der Waals surface area contributed by atoms with E-state index in [0.717, 1.165) is 41.2 Å². The van der Waals surface area contributed by atoms with Gasteiger partial charge in [-0.1, -0.05) is 24.8 Å². The van der Waals surface area contributed by atoms with Crippen molar-refractivity contribution in [2.24, 2.45) is 0 Å². The molecule has 2 rings (SSSR count). The average Bonchev–Trinajstić information content (AvgIpc) is 2.90. The third-order valence-corrected chi connectivity index (χ3v) is 4.86. The van der Waals surface area contributed by atoms with E-state index in [-0.39, 0.29) is 5.54 Å². The minimum absolute atomic E-state index is 0.383. The van der Waals surface area contributed by atoms with Crippen molar-refractivity contribution >= 4 is 22.8 Å². The average molecular weight is 302 g/mol. The lowest BCUT2D eigenvalue weighted by molar-refractivity contribution is 0.400. The van der Waals surface area contributed by atoms with E-state index in [0.29, 0.717) is 0 Å². The molecule has 0 saturated heterocycles. The fourth-order valence-electron chi connectivity index (χ4n) is 2.38. The van der Waals surface area contributed by atoms with E-state index in [4.69, 9.17) is 0 Å². The number of nitrogens with one attached hydrogen (secondary N) is 2. The second-order valence-electron chi connectivity index (χ2n) is 5.31. The molecular weight excluding hydrogens is 280 g/mol. The number of H-pyrrole nitrogens is 1. The predicted molar refractivity (Wildman–Crippen MR) is 88.5 cm³/mol. The Morgan fingerprint density at radius 3 is 2.95 bits per heavy atom. The molecule has 1 aromatic heterocycles. The normalized spacial score (nSPS) is 14.0. The summed E-state index contributed by atoms with van der Waals surface area (Å²) in [6, 6.07) is 8.64. The molecule has 1 aromatic carbocycles. The summed E-state index contributed by atoms with van der Waals surface area (Å²) >= 11 is 1.72. The van der Waals surface area contributed by atoms with Gasteiger partial charge in [-0.05, 0) is 50.9 Å². The van der Waals surface area contributed by atoms with Crippen LogP contribution in [-0.4, -0.2) is 28.3 Å². The number of hydrogen-bond donors (Lipinski definition) is 2. The first-order valence-corrected chi connectivity index (χ1v) is 8.30. The van der Waals surface area contributed by atoms with Gasteiger partial charge in [-0.15, -0.1) is 0 Å². The van der Waals surface area contributed by atoms with Crippen LogP contribution in [0.15, 0.2) is 23.4 Å². The Balaban J connectivity index is 1.89. The van der Waals surface area contributed by atoms with Crippen LogP contribution in [0.25, 0.3) is 11.0 Å². The number of aromatic amines is 1. The molecule has 2 aromatic rings. The van der Waals surface area contributed by atoms with Gasteiger partial charge in [0.2, 0.25) is 0 Å². The molecule has 1 unspecified atom stereocenters. The quantitative estimate of drug-likeness (QED) is 0.605. The van der Waals surface area contributed by atoms with Crippen LogP contribution in [0.5, 0.6) is 0 Å². The summed E-state index contributed by atoms with van der Waals surface area (Å²) in [4.78, 5) is 7.92. The van der Waals surface area contributed by atoms with E-state index in [1.54, 1.807) is 11.8 Å². The van der Waals surface area contributed by atoms with Crippen molar-refractivity contribution in [3.63, 3.8) is 0 Å². The first-order chi connectivity index (χ1) is 10.1. The highest BCUT2D eigenvalue weighted by Gasteiger charge is 2.24. The first kappa shape index (κ1) is 15.9. The monoisotopic (exact) mass is 302 g/mol. The predicted octanol–water partition coefficient (Wildman–Crippen LogP) is 3.64. The van der Waals surface area contributed by atoms with E-state index < -0.39 is 0 Å². The van der Waals surface area contributed by atoms with Gasteiger partial charge in [-0.2, -0.15) is 5.26 Å². The van der Waals surface area contributed by atoms with E-state index >= 15 is 0 Å². The molecule has 0 bridgehead atoms. The standard InChI is InChI=1S/C16H22N4S/c1-4-16(11-17,18-3)8-5-9-21-15-19-13-7-6-12(2)10-14(13)20-15/h6-7,10,18H,4-5,8-9H2,1-3H3,(H,19,20). The molecule has 0 aliphatic rings. The van der Waals surface area contributed by atoms with Gasteiger partial charge in [0.1, 0.15) is 5.54 Å². The van der Waals surface area contributed by atoms with Gasteiger partial charge < -0.3 is 10.3 Å². The van der Waals surface area contributed by atoms with Gasteiger partial charge in [0, 0.05) is 5.75 Å². The fourth-order valence-corrected chi connectivity index (χ4v) is 3.21. The Labute approximate surface area is 130 Å². The number of fused-ring (bicyclic) bond motifs is 1. The smallest absolute Gasteiger partial charge is 0.166 e. The van der Waals surface area contributed by atoms with E-state index in [1.165, 1.54) is 5.56 Å². The topological polar surface area (TPSA) is 64.5 Å². The van der Waals surface area contributed by atoms with E-state index in [9.17, 15) is 5.26 Å². The second kappa shape index (κ2) is 6.97. The van der Waals surface area contributed by atoms with E-state index in [2.05, 4.69) is 47.3 Å². The SMILES string of the molecule is CCC(C#N)(CCCSc1nc2ccc(C)cc2[nH]1)NC. The third-order valence-electron chi connectivity index (χ3n) is 3.90. The van der Waals surface area contributed by atoms with Gasteiger partial charge in [-0.25, -0.2) is 4.98 Å². The number of rotatable bonds is 7. The molecule has 1 atom stereocenters. The van der Waals surface area contributed by atoms with Crippen molar-refractivity contribution < 1.29 is 0 Å². The minimum atomic E-state index is -0.383. The molecule has 0 radical (unpaired) electrons. The van der Waals surface area contributed by atoms with Crippen LogP contribution < -0.4 is 5.32 Å². The molecule has 0 amide bonds. The number of imidazole rings is 1. The summed E-state index contributed by atoms with van der Waals surface area (Å²) in [6.07, 6.45) is 2.68. The van der Waals surface area contributed by atoms with Gasteiger partial charge >= 0.3 is 0 Å². The molecule has 4 nitrogen and oxygen atoms in total. The number of nitrogens with zero attached hydrogens (tertiary/aromatic N) is 2. The second-order valence-corrected chi connectivity index (χ2v) is 6.40. The van der Waals surface area contributed by atoms with Crippen LogP contribution in [0.2, 0.25) is 0 Å². The van der Waals surface area contributed by atoms with Crippen molar-refractivity contribution in [3.05, 3.63) is 23.8 Å². The van der Waals surface area contributed by atoms with Crippen LogP contribution in [0.3, 0.4) is 0 Å². The van der Waals surface area contributed by atoms with Crippen molar-refractivity contribution in [2.75, 3.05) is 12.8 Å². The molecule has 21 heavy (non-hydrogen) atoms. The molecule has 0 aliphatic heterocycles. The molecule has 2 N–H and O–H groups in total. The highest BCUT2D eigenvalue weighted by Crippen LogP contribution is 2.23. The summed E-state index contributed by atoms with van der Waals surface area (Å²) < 4.78 is 0.